The Hall–Kier alpha value is -4.87. The van der Waals surface area contributed by atoms with Crippen LogP contribution in [0.1, 0.15) is 18.1 Å². The molecule has 3 aromatic rings. The molecule has 0 bridgehead atoms. The molecule has 3 N–H and O–H groups in total. The van der Waals surface area contributed by atoms with Gasteiger partial charge >= 0.3 is 18.0 Å². The van der Waals surface area contributed by atoms with E-state index in [4.69, 9.17) is 9.47 Å². The molecule has 0 aliphatic carbocycles. The second-order valence-corrected chi connectivity index (χ2v) is 7.50. The van der Waals surface area contributed by atoms with Crippen molar-refractivity contribution in [1.82, 2.24) is 5.43 Å². The predicted octanol–water partition coefficient (Wildman–Crippen LogP) is 4.21. The fourth-order valence-corrected chi connectivity index (χ4v) is 3.13. The van der Waals surface area contributed by atoms with Gasteiger partial charge in [-0.15, -0.1) is 0 Å². The Morgan fingerprint density at radius 3 is 2.16 bits per heavy atom. The molecule has 3 amide bonds. The number of anilines is 2. The van der Waals surface area contributed by atoms with E-state index in [1.165, 1.54) is 24.4 Å². The van der Waals surface area contributed by atoms with Gasteiger partial charge in [-0.3, -0.25) is 14.4 Å². The van der Waals surface area contributed by atoms with E-state index in [9.17, 15) is 27.6 Å². The number of halogens is 3. The number of para-hydroxylation sites is 4. The maximum Gasteiger partial charge on any atom is 0.418 e. The molecule has 12 heteroatoms. The maximum absolute atomic E-state index is 13.1. The largest absolute Gasteiger partial charge is 0.492 e. The molecular weight excluding hydrogens is 505 g/mol. The van der Waals surface area contributed by atoms with Crippen LogP contribution in [-0.2, 0) is 20.6 Å². The van der Waals surface area contributed by atoms with Gasteiger partial charge in [-0.05, 0) is 43.3 Å². The van der Waals surface area contributed by atoms with Gasteiger partial charge in [0.25, 0.3) is 5.91 Å². The Kier molecular flexibility index (Phi) is 9.41. The van der Waals surface area contributed by atoms with E-state index in [0.29, 0.717) is 23.6 Å². The molecule has 0 heterocycles. The van der Waals surface area contributed by atoms with Gasteiger partial charge in [0.15, 0.2) is 6.61 Å². The van der Waals surface area contributed by atoms with Crippen LogP contribution in [0.25, 0.3) is 0 Å². The molecule has 38 heavy (non-hydrogen) atoms. The van der Waals surface area contributed by atoms with Crippen molar-refractivity contribution >= 4 is 35.3 Å². The number of amides is 3. The molecule has 0 radical (unpaired) electrons. The molecule has 0 saturated carbocycles. The van der Waals surface area contributed by atoms with Gasteiger partial charge in [0.1, 0.15) is 11.5 Å². The summed E-state index contributed by atoms with van der Waals surface area (Å²) in [5.74, 6) is -2.27. The van der Waals surface area contributed by atoms with Crippen LogP contribution >= 0.6 is 0 Å². The van der Waals surface area contributed by atoms with Crippen LogP contribution in [0.2, 0.25) is 0 Å². The molecule has 3 rings (SSSR count). The van der Waals surface area contributed by atoms with Crippen molar-refractivity contribution in [3.63, 3.8) is 0 Å². The lowest BCUT2D eigenvalue weighted by Crippen LogP contribution is -2.32. The predicted molar refractivity (Wildman–Crippen MR) is 134 cm³/mol. The number of hydrogen-bond donors (Lipinski definition) is 3. The third-order valence-corrected chi connectivity index (χ3v) is 4.80. The van der Waals surface area contributed by atoms with E-state index in [0.717, 1.165) is 12.1 Å². The fourth-order valence-electron chi connectivity index (χ4n) is 3.13. The van der Waals surface area contributed by atoms with E-state index in [1.807, 2.05) is 0 Å². The average Bonchev–Trinajstić information content (AvgIpc) is 2.89. The number of hydrazone groups is 1. The van der Waals surface area contributed by atoms with Crippen molar-refractivity contribution in [1.29, 1.82) is 0 Å². The van der Waals surface area contributed by atoms with E-state index in [-0.39, 0.29) is 5.75 Å². The minimum atomic E-state index is -4.64. The third kappa shape index (κ3) is 7.82. The number of rotatable bonds is 9. The van der Waals surface area contributed by atoms with E-state index in [2.05, 4.69) is 21.2 Å². The van der Waals surface area contributed by atoms with Gasteiger partial charge in [-0.2, -0.15) is 18.3 Å². The summed E-state index contributed by atoms with van der Waals surface area (Å²) in [5.41, 5.74) is 1.35. The quantitative estimate of drug-likeness (QED) is 0.219. The van der Waals surface area contributed by atoms with Gasteiger partial charge < -0.3 is 20.1 Å². The Bertz CT molecular complexity index is 1330. The summed E-state index contributed by atoms with van der Waals surface area (Å²) in [4.78, 5) is 36.6. The van der Waals surface area contributed by atoms with Gasteiger partial charge in [-0.25, -0.2) is 5.43 Å². The highest BCUT2D eigenvalue weighted by molar-refractivity contribution is 6.39. The van der Waals surface area contributed by atoms with Crippen molar-refractivity contribution in [2.24, 2.45) is 5.10 Å². The molecule has 198 valence electrons. The number of ether oxygens (including phenoxy) is 2. The van der Waals surface area contributed by atoms with Crippen LogP contribution in [0, 0.1) is 0 Å². The molecule has 0 aliphatic heterocycles. The highest BCUT2D eigenvalue weighted by Crippen LogP contribution is 2.34. The number of alkyl halides is 3. The molecule has 0 aromatic heterocycles. The van der Waals surface area contributed by atoms with Crippen LogP contribution in [-0.4, -0.2) is 37.1 Å². The van der Waals surface area contributed by atoms with Crippen molar-refractivity contribution in [3.8, 4) is 11.5 Å². The fraction of sp³-hybridized carbons (Fsp3) is 0.154. The number of hydrogen-bond acceptors (Lipinski definition) is 6. The van der Waals surface area contributed by atoms with Crippen molar-refractivity contribution in [3.05, 3.63) is 83.9 Å². The first-order valence-corrected chi connectivity index (χ1v) is 11.2. The molecule has 0 aliphatic rings. The molecule has 3 aromatic carbocycles. The summed E-state index contributed by atoms with van der Waals surface area (Å²) in [5, 5.41) is 8.35. The summed E-state index contributed by atoms with van der Waals surface area (Å²) in [6.45, 7) is 1.55. The molecule has 0 fully saturated rings. The minimum Gasteiger partial charge on any atom is -0.492 e. The number of carbonyl (C=O) groups is 3. The first-order valence-electron chi connectivity index (χ1n) is 11.2. The highest BCUT2D eigenvalue weighted by Gasteiger charge is 2.33. The lowest BCUT2D eigenvalue weighted by atomic mass is 10.1. The average molecular weight is 528 g/mol. The topological polar surface area (TPSA) is 118 Å². The highest BCUT2D eigenvalue weighted by atomic mass is 19.4. The summed E-state index contributed by atoms with van der Waals surface area (Å²) < 4.78 is 50.2. The molecule has 0 saturated heterocycles. The van der Waals surface area contributed by atoms with Crippen molar-refractivity contribution < 1.29 is 37.0 Å². The van der Waals surface area contributed by atoms with E-state index >= 15 is 0 Å². The standard InChI is InChI=1S/C26H23F3N4O5/c1-2-37-22-14-8-6-12-20(22)32-24(35)25(36)33-30-15-17-9-3-7-13-21(17)38-16-23(34)31-19-11-5-4-10-18(19)26(27,28)29/h3-15H,2,16H2,1H3,(H,31,34)(H,32,35)(H,33,36)/b30-15-. The number of benzene rings is 3. The smallest absolute Gasteiger partial charge is 0.418 e. The normalized spacial score (nSPS) is 11.1. The van der Waals surface area contributed by atoms with Crippen LogP contribution < -0.4 is 25.5 Å². The van der Waals surface area contributed by atoms with E-state index < -0.39 is 41.8 Å². The molecule has 9 nitrogen and oxygen atoms in total. The van der Waals surface area contributed by atoms with Gasteiger partial charge in [-0.1, -0.05) is 36.4 Å². The van der Waals surface area contributed by atoms with Crippen LogP contribution in [0.5, 0.6) is 11.5 Å². The molecule has 0 atom stereocenters. The summed E-state index contributed by atoms with van der Waals surface area (Å²) in [6.07, 6.45) is -3.45. The van der Waals surface area contributed by atoms with Gasteiger partial charge in [0.2, 0.25) is 0 Å². The molecule has 0 spiro atoms. The van der Waals surface area contributed by atoms with E-state index in [1.54, 1.807) is 49.4 Å². The SMILES string of the molecule is CCOc1ccccc1NC(=O)C(=O)N/N=C\c1ccccc1OCC(=O)Nc1ccccc1C(F)(F)F. The Labute approximate surface area is 215 Å². The first kappa shape index (κ1) is 27.7. The summed E-state index contributed by atoms with van der Waals surface area (Å²) in [7, 11) is 0. The minimum absolute atomic E-state index is 0.167. The van der Waals surface area contributed by atoms with Crippen LogP contribution in [0.3, 0.4) is 0 Å². The van der Waals surface area contributed by atoms with Crippen LogP contribution in [0.4, 0.5) is 24.5 Å². The van der Waals surface area contributed by atoms with Gasteiger partial charge in [0.05, 0.1) is 29.8 Å². The second kappa shape index (κ2) is 12.9. The van der Waals surface area contributed by atoms with Crippen molar-refractivity contribution in [2.45, 2.75) is 13.1 Å². The van der Waals surface area contributed by atoms with Crippen molar-refractivity contribution in [2.75, 3.05) is 23.8 Å². The lowest BCUT2D eigenvalue weighted by molar-refractivity contribution is -0.137. The monoisotopic (exact) mass is 528 g/mol. The second-order valence-electron chi connectivity index (χ2n) is 7.50. The summed E-state index contributed by atoms with van der Waals surface area (Å²) in [6, 6.07) is 17.5. The first-order chi connectivity index (χ1) is 18.2. The molecular formula is C26H23F3N4O5. The number of carbonyl (C=O) groups excluding carboxylic acids is 3. The Morgan fingerprint density at radius 1 is 0.816 bits per heavy atom. The van der Waals surface area contributed by atoms with Crippen LogP contribution in [0.15, 0.2) is 77.9 Å². The maximum atomic E-state index is 13.1. The zero-order valence-electron chi connectivity index (χ0n) is 20.0. The zero-order chi connectivity index (χ0) is 27.5. The Morgan fingerprint density at radius 2 is 1.45 bits per heavy atom. The molecule has 0 unspecified atom stereocenters. The Balaban J connectivity index is 1.57. The number of nitrogens with one attached hydrogen (secondary N) is 3. The number of nitrogens with zero attached hydrogens (tertiary/aromatic N) is 1. The summed E-state index contributed by atoms with van der Waals surface area (Å²) >= 11 is 0. The van der Waals surface area contributed by atoms with Gasteiger partial charge in [0, 0.05) is 5.56 Å². The lowest BCUT2D eigenvalue weighted by Gasteiger charge is -2.14. The zero-order valence-corrected chi connectivity index (χ0v) is 20.0. The third-order valence-electron chi connectivity index (χ3n) is 4.80.